The summed E-state index contributed by atoms with van der Waals surface area (Å²) in [6.07, 6.45) is 5.70. The molecule has 1 aromatic heterocycles. The Bertz CT molecular complexity index is 537. The van der Waals surface area contributed by atoms with E-state index in [4.69, 9.17) is 9.15 Å². The number of oxazole rings is 1. The first-order valence-electron chi connectivity index (χ1n) is 7.90. The molecule has 2 aliphatic rings. The number of fused-ring (bicyclic) bond motifs is 1. The number of ether oxygens (including phenoxy) is 1. The predicted molar refractivity (Wildman–Crippen MR) is 79.1 cm³/mol. The number of aliphatic hydroxyl groups is 1. The molecule has 0 radical (unpaired) electrons. The number of likely N-dealkylation sites (tertiary alicyclic amines) is 1. The summed E-state index contributed by atoms with van der Waals surface area (Å²) >= 11 is 0. The molecule has 1 N–H and O–H groups in total. The van der Waals surface area contributed by atoms with Crippen LogP contribution in [0.3, 0.4) is 0 Å². The van der Waals surface area contributed by atoms with Gasteiger partial charge in [0.25, 0.3) is 0 Å². The van der Waals surface area contributed by atoms with Crippen LogP contribution in [0.2, 0.25) is 0 Å². The molecule has 0 spiro atoms. The Kier molecular flexibility index (Phi) is 3.67. The van der Waals surface area contributed by atoms with E-state index in [0.717, 1.165) is 12.8 Å². The van der Waals surface area contributed by atoms with E-state index in [0.29, 0.717) is 25.3 Å². The van der Waals surface area contributed by atoms with Crippen LogP contribution < -0.4 is 0 Å². The van der Waals surface area contributed by atoms with Gasteiger partial charge in [-0.3, -0.25) is 0 Å². The minimum absolute atomic E-state index is 0.0134. The van der Waals surface area contributed by atoms with E-state index in [1.165, 1.54) is 6.26 Å². The highest BCUT2D eigenvalue weighted by Gasteiger charge is 2.52. The number of piperidine rings is 1. The van der Waals surface area contributed by atoms with Gasteiger partial charge in [0, 0.05) is 19.0 Å². The van der Waals surface area contributed by atoms with Crippen molar-refractivity contribution < 1.29 is 19.1 Å². The largest absolute Gasteiger partial charge is 0.446 e. The van der Waals surface area contributed by atoms with E-state index in [9.17, 15) is 9.90 Å². The summed E-state index contributed by atoms with van der Waals surface area (Å²) in [6, 6.07) is -0.0134. The minimum Gasteiger partial charge on any atom is -0.446 e. The fraction of sp³-hybridized carbons (Fsp3) is 0.750. The van der Waals surface area contributed by atoms with Gasteiger partial charge in [0.1, 0.15) is 17.5 Å². The molecule has 0 aromatic carbocycles. The van der Waals surface area contributed by atoms with E-state index in [-0.39, 0.29) is 18.1 Å². The molecule has 1 saturated carbocycles. The maximum absolute atomic E-state index is 12.4. The Balaban J connectivity index is 1.78. The summed E-state index contributed by atoms with van der Waals surface area (Å²) in [4.78, 5) is 18.3. The number of aromatic nitrogens is 1. The Morgan fingerprint density at radius 1 is 1.50 bits per heavy atom. The molecule has 1 aliphatic heterocycles. The summed E-state index contributed by atoms with van der Waals surface area (Å²) in [5.41, 5.74) is -1.59. The Labute approximate surface area is 130 Å². The van der Waals surface area contributed by atoms with Crippen molar-refractivity contribution in [3.8, 4) is 0 Å². The third-order valence-corrected chi connectivity index (χ3v) is 4.52. The van der Waals surface area contributed by atoms with Gasteiger partial charge in [-0.2, -0.15) is 0 Å². The lowest BCUT2D eigenvalue weighted by Gasteiger charge is -2.38. The fourth-order valence-corrected chi connectivity index (χ4v) is 3.69. The van der Waals surface area contributed by atoms with Gasteiger partial charge in [0.2, 0.25) is 5.89 Å². The Hall–Kier alpha value is -1.56. The molecule has 2 fully saturated rings. The second-order valence-electron chi connectivity index (χ2n) is 7.42. The van der Waals surface area contributed by atoms with Crippen molar-refractivity contribution in [1.29, 1.82) is 0 Å². The number of carbonyl (C=O) groups excluding carboxylic acids is 1. The quantitative estimate of drug-likeness (QED) is 0.863. The highest BCUT2D eigenvalue weighted by molar-refractivity contribution is 5.69. The van der Waals surface area contributed by atoms with Crippen LogP contribution in [0.1, 0.15) is 52.3 Å². The molecule has 1 amide bonds. The number of hydrogen-bond acceptors (Lipinski definition) is 5. The minimum atomic E-state index is -1.08. The van der Waals surface area contributed by atoms with Gasteiger partial charge in [-0.05, 0) is 46.0 Å². The molecule has 6 heteroatoms. The zero-order valence-electron chi connectivity index (χ0n) is 13.4. The average Bonchev–Trinajstić information content (AvgIpc) is 3.02. The van der Waals surface area contributed by atoms with Crippen molar-refractivity contribution in [2.45, 2.75) is 63.7 Å². The van der Waals surface area contributed by atoms with Gasteiger partial charge < -0.3 is 19.2 Å². The topological polar surface area (TPSA) is 75.8 Å². The van der Waals surface area contributed by atoms with Gasteiger partial charge in [-0.1, -0.05) is 0 Å². The molecule has 1 saturated heterocycles. The zero-order chi connectivity index (χ0) is 16.0. The molecule has 1 aliphatic carbocycles. The monoisotopic (exact) mass is 308 g/mol. The van der Waals surface area contributed by atoms with Crippen molar-refractivity contribution in [1.82, 2.24) is 9.88 Å². The Morgan fingerprint density at radius 3 is 2.91 bits per heavy atom. The molecule has 3 atom stereocenters. The van der Waals surface area contributed by atoms with E-state index in [2.05, 4.69) is 4.98 Å². The third kappa shape index (κ3) is 2.84. The normalized spacial score (nSPS) is 31.9. The summed E-state index contributed by atoms with van der Waals surface area (Å²) in [5, 5.41) is 10.9. The average molecular weight is 308 g/mol. The lowest BCUT2D eigenvalue weighted by molar-refractivity contribution is -0.00415. The van der Waals surface area contributed by atoms with E-state index in [1.54, 1.807) is 11.1 Å². The van der Waals surface area contributed by atoms with Crippen LogP contribution >= 0.6 is 0 Å². The predicted octanol–water partition coefficient (Wildman–Crippen LogP) is 2.67. The van der Waals surface area contributed by atoms with E-state index < -0.39 is 11.2 Å². The van der Waals surface area contributed by atoms with Crippen LogP contribution in [-0.4, -0.2) is 39.3 Å². The maximum Gasteiger partial charge on any atom is 0.410 e. The summed E-state index contributed by atoms with van der Waals surface area (Å²) < 4.78 is 10.8. The molecular formula is C16H24N2O4. The van der Waals surface area contributed by atoms with E-state index in [1.807, 2.05) is 20.8 Å². The molecule has 3 rings (SSSR count). The van der Waals surface area contributed by atoms with Crippen molar-refractivity contribution in [3.05, 3.63) is 18.4 Å². The molecule has 122 valence electrons. The molecule has 0 bridgehead atoms. The number of amides is 1. The lowest BCUT2D eigenvalue weighted by Crippen LogP contribution is -2.48. The summed E-state index contributed by atoms with van der Waals surface area (Å²) in [6.45, 7) is 6.27. The maximum atomic E-state index is 12.4. The van der Waals surface area contributed by atoms with Gasteiger partial charge in [0.15, 0.2) is 0 Å². The first-order chi connectivity index (χ1) is 10.3. The first-order valence-corrected chi connectivity index (χ1v) is 7.90. The Morgan fingerprint density at radius 2 is 2.27 bits per heavy atom. The number of nitrogens with zero attached hydrogens (tertiary/aromatic N) is 2. The summed E-state index contributed by atoms with van der Waals surface area (Å²) in [7, 11) is 0. The molecule has 6 nitrogen and oxygen atoms in total. The van der Waals surface area contributed by atoms with Gasteiger partial charge >= 0.3 is 6.09 Å². The standard InChI is InChI=1S/C16H24N2O4/c1-15(2,3)22-14(19)18-7-4-5-11-9-16(20,10-12(11)18)13-17-6-8-21-13/h6,8,11-12,20H,4-5,7,9-10H2,1-3H3. The summed E-state index contributed by atoms with van der Waals surface area (Å²) in [5.74, 6) is 0.615. The number of carbonyl (C=O) groups is 1. The van der Waals surface area contributed by atoms with E-state index >= 15 is 0 Å². The van der Waals surface area contributed by atoms with Crippen molar-refractivity contribution in [2.24, 2.45) is 5.92 Å². The zero-order valence-corrected chi connectivity index (χ0v) is 13.4. The molecule has 2 heterocycles. The van der Waals surface area contributed by atoms with Crippen LogP contribution in [0.4, 0.5) is 4.79 Å². The van der Waals surface area contributed by atoms with Gasteiger partial charge in [-0.15, -0.1) is 0 Å². The molecule has 22 heavy (non-hydrogen) atoms. The first kappa shape index (κ1) is 15.3. The lowest BCUT2D eigenvalue weighted by atomic mass is 9.92. The second kappa shape index (κ2) is 5.26. The van der Waals surface area contributed by atoms with Crippen LogP contribution in [0.15, 0.2) is 16.9 Å². The van der Waals surface area contributed by atoms with Crippen LogP contribution in [0, 0.1) is 5.92 Å². The van der Waals surface area contributed by atoms with Gasteiger partial charge in [0.05, 0.1) is 6.20 Å². The number of hydrogen-bond donors (Lipinski definition) is 1. The fourth-order valence-electron chi connectivity index (χ4n) is 3.69. The SMILES string of the molecule is CC(C)(C)OC(=O)N1CCCC2CC(O)(c3ncco3)CC21. The van der Waals surface area contributed by atoms with Crippen molar-refractivity contribution in [2.75, 3.05) is 6.54 Å². The van der Waals surface area contributed by atoms with Crippen molar-refractivity contribution in [3.63, 3.8) is 0 Å². The highest BCUT2D eigenvalue weighted by atomic mass is 16.6. The molecular weight excluding hydrogens is 284 g/mol. The molecule has 3 unspecified atom stereocenters. The third-order valence-electron chi connectivity index (χ3n) is 4.52. The number of rotatable bonds is 1. The van der Waals surface area contributed by atoms with Gasteiger partial charge in [-0.25, -0.2) is 9.78 Å². The highest BCUT2D eigenvalue weighted by Crippen LogP contribution is 2.47. The van der Waals surface area contributed by atoms with Crippen LogP contribution in [0.5, 0.6) is 0 Å². The van der Waals surface area contributed by atoms with Crippen molar-refractivity contribution >= 4 is 6.09 Å². The smallest absolute Gasteiger partial charge is 0.410 e. The molecule has 1 aromatic rings. The second-order valence-corrected chi connectivity index (χ2v) is 7.42. The van der Waals surface area contributed by atoms with Crippen LogP contribution in [-0.2, 0) is 10.3 Å². The van der Waals surface area contributed by atoms with Crippen LogP contribution in [0.25, 0.3) is 0 Å².